The summed E-state index contributed by atoms with van der Waals surface area (Å²) in [5.41, 5.74) is 10.7. The van der Waals surface area contributed by atoms with Crippen LogP contribution in [0.2, 0.25) is 0 Å². The zero-order chi connectivity index (χ0) is 11.4. The van der Waals surface area contributed by atoms with E-state index >= 15 is 0 Å². The highest BCUT2D eigenvalue weighted by molar-refractivity contribution is 6.15. The summed E-state index contributed by atoms with van der Waals surface area (Å²) in [5, 5.41) is 27.9. The number of rotatable bonds is 3. The highest BCUT2D eigenvalue weighted by Crippen LogP contribution is 1.89. The lowest BCUT2D eigenvalue weighted by Gasteiger charge is -1.88. The second-order valence-corrected chi connectivity index (χ2v) is 2.38. The topological polar surface area (TPSA) is 164 Å². The van der Waals surface area contributed by atoms with Crippen LogP contribution in [0, 0.1) is 0 Å². The van der Waals surface area contributed by atoms with Gasteiger partial charge < -0.3 is 11.5 Å². The van der Waals surface area contributed by atoms with Crippen molar-refractivity contribution in [1.82, 2.24) is 40.6 Å². The van der Waals surface area contributed by atoms with Gasteiger partial charge in [0, 0.05) is 0 Å². The van der Waals surface area contributed by atoms with Crippen molar-refractivity contribution in [3.63, 3.8) is 0 Å². The average Bonchev–Trinajstić information content (AvgIpc) is 2.84. The van der Waals surface area contributed by atoms with Crippen molar-refractivity contribution in [2.45, 2.75) is 0 Å². The predicted octanol–water partition coefficient (Wildman–Crippen LogP) is -2.81. The average molecular weight is 222 g/mol. The van der Waals surface area contributed by atoms with Gasteiger partial charge in [0.1, 0.15) is 0 Å². The molecule has 2 aromatic rings. The molecule has 0 amide bonds. The number of nitrogen functional groups attached to an aromatic ring is 2. The Morgan fingerprint density at radius 1 is 0.875 bits per heavy atom. The first-order valence-corrected chi connectivity index (χ1v) is 3.92. The molecule has 12 nitrogen and oxygen atoms in total. The normalized spacial score (nSPS) is 11.8. The third-order valence-electron chi connectivity index (χ3n) is 1.37. The van der Waals surface area contributed by atoms with Gasteiger partial charge in [0.05, 0.1) is 12.4 Å². The van der Waals surface area contributed by atoms with Crippen LogP contribution in [0.15, 0.2) is 10.2 Å². The maximum Gasteiger partial charge on any atom is 0.263 e. The number of anilines is 2. The minimum atomic E-state index is 0.0617. The second kappa shape index (κ2) is 4.07. The van der Waals surface area contributed by atoms with Gasteiger partial charge >= 0.3 is 0 Å². The predicted molar refractivity (Wildman–Crippen MR) is 52.2 cm³/mol. The van der Waals surface area contributed by atoms with Crippen molar-refractivity contribution in [2.24, 2.45) is 10.2 Å². The molecule has 0 fully saturated rings. The number of tetrazole rings is 2. The first-order chi connectivity index (χ1) is 7.77. The molecule has 0 aliphatic carbocycles. The third-order valence-corrected chi connectivity index (χ3v) is 1.37. The summed E-state index contributed by atoms with van der Waals surface area (Å²) in [6.07, 6.45) is 2.60. The van der Waals surface area contributed by atoms with Crippen LogP contribution in [0.1, 0.15) is 0 Å². The molecule has 0 aliphatic rings. The van der Waals surface area contributed by atoms with Crippen molar-refractivity contribution < 1.29 is 0 Å². The largest absolute Gasteiger partial charge is 0.365 e. The van der Waals surface area contributed by atoms with E-state index in [0.717, 1.165) is 9.58 Å². The van der Waals surface area contributed by atoms with Crippen LogP contribution in [-0.2, 0) is 0 Å². The number of hydrogen-bond acceptors (Lipinski definition) is 10. The summed E-state index contributed by atoms with van der Waals surface area (Å²) in [4.78, 5) is 2.05. The van der Waals surface area contributed by atoms with Crippen LogP contribution in [-0.4, -0.2) is 53.1 Å². The van der Waals surface area contributed by atoms with E-state index in [4.69, 9.17) is 11.5 Å². The molecule has 2 aromatic heterocycles. The van der Waals surface area contributed by atoms with Gasteiger partial charge in [0.15, 0.2) is 0 Å². The van der Waals surface area contributed by atoms with E-state index in [1.165, 1.54) is 12.4 Å². The van der Waals surface area contributed by atoms with E-state index in [2.05, 4.69) is 41.3 Å². The van der Waals surface area contributed by atoms with Gasteiger partial charge in [0.25, 0.3) is 11.9 Å². The van der Waals surface area contributed by atoms with E-state index in [1.54, 1.807) is 0 Å². The molecule has 2 rings (SSSR count). The van der Waals surface area contributed by atoms with Crippen LogP contribution in [0.3, 0.4) is 0 Å². The Labute approximate surface area is 87.6 Å². The molecule has 0 aromatic carbocycles. The van der Waals surface area contributed by atoms with Crippen molar-refractivity contribution >= 4 is 24.3 Å². The Morgan fingerprint density at radius 3 is 1.62 bits per heavy atom. The summed E-state index contributed by atoms with van der Waals surface area (Å²) in [5.74, 6) is 0.123. The minimum Gasteiger partial charge on any atom is -0.365 e. The smallest absolute Gasteiger partial charge is 0.263 e. The Hall–Kier alpha value is -2.92. The van der Waals surface area contributed by atoms with Crippen molar-refractivity contribution in [2.75, 3.05) is 11.5 Å². The van der Waals surface area contributed by atoms with Gasteiger partial charge in [-0.05, 0) is 20.9 Å². The lowest BCUT2D eigenvalue weighted by atomic mass is 10.8. The Balaban J connectivity index is 2.03. The fraction of sp³-hybridized carbons (Fsp3) is 0. The molecule has 82 valence electrons. The van der Waals surface area contributed by atoms with Crippen LogP contribution in [0.5, 0.6) is 0 Å². The molecule has 2 heterocycles. The zero-order valence-corrected chi connectivity index (χ0v) is 7.78. The second-order valence-electron chi connectivity index (χ2n) is 2.38. The quantitative estimate of drug-likeness (QED) is 0.525. The standard InChI is InChI=1S/C4H6N12/c5-3-9-11-13-15(3)7-1-2-8-16-4(6)10-12-14-16/h1-2H,(H2,5,9,13)(H2,6,10,14)/b7-1-,8-2-. The lowest BCUT2D eigenvalue weighted by molar-refractivity contribution is 0.696. The van der Waals surface area contributed by atoms with E-state index in [1.807, 2.05) is 0 Å². The molecular formula is C4H6N12. The molecule has 16 heavy (non-hydrogen) atoms. The first kappa shape index (κ1) is 9.63. The Kier molecular flexibility index (Phi) is 2.45. The van der Waals surface area contributed by atoms with Crippen molar-refractivity contribution in [3.05, 3.63) is 0 Å². The van der Waals surface area contributed by atoms with Crippen LogP contribution >= 0.6 is 0 Å². The Morgan fingerprint density at radius 2 is 1.31 bits per heavy atom. The molecule has 0 atom stereocenters. The van der Waals surface area contributed by atoms with E-state index in [-0.39, 0.29) is 11.9 Å². The zero-order valence-electron chi connectivity index (χ0n) is 7.78. The molecule has 4 N–H and O–H groups in total. The Bertz CT molecular complexity index is 468. The van der Waals surface area contributed by atoms with Gasteiger partial charge in [-0.25, -0.2) is 0 Å². The van der Waals surface area contributed by atoms with Crippen molar-refractivity contribution in [1.29, 1.82) is 0 Å². The number of hydrogen-bond donors (Lipinski definition) is 2. The van der Waals surface area contributed by atoms with Gasteiger partial charge in [-0.3, -0.25) is 0 Å². The monoisotopic (exact) mass is 222 g/mol. The molecular weight excluding hydrogens is 216 g/mol. The fourth-order valence-electron chi connectivity index (χ4n) is 0.729. The van der Waals surface area contributed by atoms with Crippen molar-refractivity contribution in [3.8, 4) is 0 Å². The summed E-state index contributed by atoms with van der Waals surface area (Å²) in [6, 6.07) is 0. The molecule has 0 radical (unpaired) electrons. The summed E-state index contributed by atoms with van der Waals surface area (Å²) in [6.45, 7) is 0. The van der Waals surface area contributed by atoms with Crippen LogP contribution < -0.4 is 11.5 Å². The summed E-state index contributed by atoms with van der Waals surface area (Å²) >= 11 is 0. The molecule has 0 saturated carbocycles. The van der Waals surface area contributed by atoms with Gasteiger partial charge in [-0.15, -0.1) is 0 Å². The SMILES string of the molecule is Nc1nnnn1/N=C\C=N/n1nnnc1N. The maximum atomic E-state index is 5.35. The molecule has 0 unspecified atom stereocenters. The highest BCUT2D eigenvalue weighted by atomic mass is 15.7. The molecule has 0 aliphatic heterocycles. The number of nitrogens with zero attached hydrogens (tertiary/aromatic N) is 10. The highest BCUT2D eigenvalue weighted by Gasteiger charge is 1.96. The van der Waals surface area contributed by atoms with E-state index < -0.39 is 0 Å². The maximum absolute atomic E-state index is 5.35. The fourth-order valence-corrected chi connectivity index (χ4v) is 0.729. The van der Waals surface area contributed by atoms with E-state index in [0.29, 0.717) is 0 Å². The van der Waals surface area contributed by atoms with Gasteiger partial charge in [0.2, 0.25) is 0 Å². The lowest BCUT2D eigenvalue weighted by Crippen LogP contribution is -2.01. The molecule has 0 spiro atoms. The molecule has 0 bridgehead atoms. The first-order valence-electron chi connectivity index (χ1n) is 3.92. The third kappa shape index (κ3) is 1.94. The van der Waals surface area contributed by atoms with Gasteiger partial charge in [-0.2, -0.15) is 10.2 Å². The number of nitrogens with two attached hydrogens (primary N) is 2. The van der Waals surface area contributed by atoms with Crippen LogP contribution in [0.4, 0.5) is 11.9 Å². The van der Waals surface area contributed by atoms with E-state index in [9.17, 15) is 0 Å². The minimum absolute atomic E-state index is 0.0617. The van der Waals surface area contributed by atoms with Gasteiger partial charge in [-0.1, -0.05) is 19.8 Å². The van der Waals surface area contributed by atoms with Crippen LogP contribution in [0.25, 0.3) is 0 Å². The summed E-state index contributed by atoms with van der Waals surface area (Å²) < 4.78 is 0. The molecule has 0 saturated heterocycles. The molecule has 12 heteroatoms. The summed E-state index contributed by atoms with van der Waals surface area (Å²) in [7, 11) is 0. The number of aromatic nitrogens is 8.